The van der Waals surface area contributed by atoms with Crippen LogP contribution in [0.15, 0.2) is 48.1 Å². The van der Waals surface area contributed by atoms with Gasteiger partial charge < -0.3 is 5.11 Å². The number of nitrogens with zero attached hydrogens (tertiary/aromatic N) is 1. The topological polar surface area (TPSA) is 66.8 Å². The Hall–Kier alpha value is -2.09. The molecule has 8 heteroatoms. The summed E-state index contributed by atoms with van der Waals surface area (Å²) in [6.07, 6.45) is 1.26. The number of ketones is 2. The maximum atomic E-state index is 17.4. The highest BCUT2D eigenvalue weighted by Gasteiger charge is 2.79. The Kier molecular flexibility index (Phi) is 5.04. The fraction of sp³-hybridized carbons (Fsp3) is 0.571. The van der Waals surface area contributed by atoms with Crippen molar-refractivity contribution in [2.75, 3.05) is 11.6 Å². The Balaban J connectivity index is 1.43. The monoisotopic (exact) mass is 517 g/mol. The van der Waals surface area contributed by atoms with E-state index in [-0.39, 0.29) is 41.8 Å². The summed E-state index contributed by atoms with van der Waals surface area (Å²) in [5.41, 5.74) is -4.93. The van der Waals surface area contributed by atoms with Gasteiger partial charge in [0.15, 0.2) is 22.8 Å². The number of hydrogen-bond donors (Lipinski definition) is 1. The third-order valence-electron chi connectivity index (χ3n) is 10.3. The van der Waals surface area contributed by atoms with Crippen LogP contribution in [0.1, 0.15) is 40.0 Å². The standard InChI is InChI=1S/C28H30ClF2NO4/c1-15(33)28-16(14-32(36-28)18-6-4-17(29)5-7-18)10-20-21-12-23(30)22-11-19(34)8-9-25(22,2)27(21,31)24(35)13-26(20,28)3/h4-9,11,16,20-21,23-24,35H,10,12-14H2,1-3H3/t16-,20-,21-,23-,24-,25-,26-,27-,28+/m0/s1. The third kappa shape index (κ3) is 2.72. The number of fused-ring (bicyclic) bond motifs is 7. The molecule has 0 amide bonds. The van der Waals surface area contributed by atoms with Gasteiger partial charge in [-0.05, 0) is 81.0 Å². The lowest BCUT2D eigenvalue weighted by Gasteiger charge is -2.63. The lowest BCUT2D eigenvalue weighted by Crippen LogP contribution is -2.70. The molecule has 0 spiro atoms. The molecule has 0 radical (unpaired) electrons. The highest BCUT2D eigenvalue weighted by atomic mass is 35.5. The lowest BCUT2D eigenvalue weighted by atomic mass is 9.44. The van der Waals surface area contributed by atoms with Crippen molar-refractivity contribution in [3.63, 3.8) is 0 Å². The van der Waals surface area contributed by atoms with Gasteiger partial charge in [0.2, 0.25) is 0 Å². The summed E-state index contributed by atoms with van der Waals surface area (Å²) in [6, 6.07) is 7.14. The second kappa shape index (κ2) is 7.49. The fourth-order valence-electron chi connectivity index (χ4n) is 8.67. The molecule has 36 heavy (non-hydrogen) atoms. The van der Waals surface area contributed by atoms with E-state index in [9.17, 15) is 14.7 Å². The first-order chi connectivity index (χ1) is 16.9. The fourth-order valence-corrected chi connectivity index (χ4v) is 8.79. The summed E-state index contributed by atoms with van der Waals surface area (Å²) in [5.74, 6) is -2.01. The molecule has 0 bridgehead atoms. The summed E-state index contributed by atoms with van der Waals surface area (Å²) in [4.78, 5) is 31.9. The number of halogens is 3. The lowest BCUT2D eigenvalue weighted by molar-refractivity contribution is -0.226. The second-order valence-corrected chi connectivity index (χ2v) is 12.1. The molecule has 9 atom stereocenters. The van der Waals surface area contributed by atoms with Crippen LogP contribution in [0.5, 0.6) is 0 Å². The van der Waals surface area contributed by atoms with E-state index in [0.717, 1.165) is 5.69 Å². The van der Waals surface area contributed by atoms with E-state index in [1.807, 2.05) is 19.1 Å². The maximum absolute atomic E-state index is 17.4. The first-order valence-corrected chi connectivity index (χ1v) is 13.0. The number of aliphatic hydroxyl groups excluding tert-OH is 1. The van der Waals surface area contributed by atoms with Crippen LogP contribution >= 0.6 is 11.6 Å². The highest BCUT2D eigenvalue weighted by molar-refractivity contribution is 6.30. The second-order valence-electron chi connectivity index (χ2n) is 11.7. The SMILES string of the molecule is CC(=O)[C@@]12ON(c3ccc(Cl)cc3)C[C@@H]1C[C@H]1[C@@H]3C[C@H](F)C4=CC(=O)C=C[C@]4(C)[C@@]3(F)[C@@H](O)C[C@@]12C. The molecular formula is C28H30ClF2NO4. The van der Waals surface area contributed by atoms with Crippen LogP contribution in [0.4, 0.5) is 14.5 Å². The Morgan fingerprint density at radius 3 is 2.56 bits per heavy atom. The smallest absolute Gasteiger partial charge is 0.178 e. The Morgan fingerprint density at radius 1 is 1.19 bits per heavy atom. The zero-order chi connectivity index (χ0) is 25.8. The molecule has 0 aromatic heterocycles. The van der Waals surface area contributed by atoms with Crippen LogP contribution < -0.4 is 5.06 Å². The minimum Gasteiger partial charge on any atom is -0.390 e. The van der Waals surface area contributed by atoms with E-state index >= 15 is 8.78 Å². The van der Waals surface area contributed by atoms with Crippen molar-refractivity contribution < 1.29 is 28.3 Å². The summed E-state index contributed by atoms with van der Waals surface area (Å²) in [7, 11) is 0. The number of alkyl halides is 2. The van der Waals surface area contributed by atoms with Gasteiger partial charge in [-0.3, -0.25) is 19.5 Å². The van der Waals surface area contributed by atoms with Crippen LogP contribution in [0.3, 0.4) is 0 Å². The Bertz CT molecular complexity index is 1220. The van der Waals surface area contributed by atoms with Gasteiger partial charge in [-0.1, -0.05) is 24.6 Å². The molecule has 5 aliphatic rings. The largest absolute Gasteiger partial charge is 0.390 e. The van der Waals surface area contributed by atoms with E-state index in [1.54, 1.807) is 24.1 Å². The van der Waals surface area contributed by atoms with Crippen LogP contribution in [-0.4, -0.2) is 46.8 Å². The molecule has 192 valence electrons. The Labute approximate surface area is 214 Å². The van der Waals surface area contributed by atoms with Crippen molar-refractivity contribution in [3.8, 4) is 0 Å². The molecular weight excluding hydrogens is 488 g/mol. The normalized spacial score (nSPS) is 47.1. The number of hydrogen-bond acceptors (Lipinski definition) is 5. The highest BCUT2D eigenvalue weighted by Crippen LogP contribution is 2.72. The number of rotatable bonds is 2. The first kappa shape index (κ1) is 24.3. The van der Waals surface area contributed by atoms with Gasteiger partial charge in [0.1, 0.15) is 6.17 Å². The van der Waals surface area contributed by atoms with E-state index in [4.69, 9.17) is 16.4 Å². The molecule has 6 rings (SSSR count). The molecule has 4 fully saturated rings. The molecule has 1 aliphatic heterocycles. The molecule has 3 saturated carbocycles. The average Bonchev–Trinajstić information content (AvgIpc) is 3.32. The number of anilines is 1. The number of carbonyl (C=O) groups is 2. The molecule has 4 aliphatic carbocycles. The predicted octanol–water partition coefficient (Wildman–Crippen LogP) is 4.96. The average molecular weight is 518 g/mol. The minimum absolute atomic E-state index is 0.00316. The first-order valence-electron chi connectivity index (χ1n) is 12.6. The van der Waals surface area contributed by atoms with Gasteiger partial charge in [-0.2, -0.15) is 0 Å². The summed E-state index contributed by atoms with van der Waals surface area (Å²) < 4.78 is 33.0. The van der Waals surface area contributed by atoms with Crippen molar-refractivity contribution in [2.45, 2.75) is 63.6 Å². The summed E-state index contributed by atoms with van der Waals surface area (Å²) in [5, 5.41) is 13.8. The van der Waals surface area contributed by atoms with E-state index < -0.39 is 40.3 Å². The van der Waals surface area contributed by atoms with Crippen LogP contribution in [-0.2, 0) is 14.4 Å². The van der Waals surface area contributed by atoms with Gasteiger partial charge in [-0.15, -0.1) is 0 Å². The number of allylic oxidation sites excluding steroid dienone is 4. The van der Waals surface area contributed by atoms with Crippen molar-refractivity contribution in [1.82, 2.24) is 0 Å². The van der Waals surface area contributed by atoms with Crippen LogP contribution in [0.2, 0.25) is 5.02 Å². The molecule has 0 unspecified atom stereocenters. The number of carbonyl (C=O) groups excluding carboxylic acids is 2. The summed E-state index contributed by atoms with van der Waals surface area (Å²) >= 11 is 6.04. The number of hydroxylamine groups is 1. The van der Waals surface area contributed by atoms with E-state index in [1.165, 1.54) is 25.2 Å². The van der Waals surface area contributed by atoms with Gasteiger partial charge >= 0.3 is 0 Å². The van der Waals surface area contributed by atoms with Gasteiger partial charge in [-0.25, -0.2) is 8.78 Å². The summed E-state index contributed by atoms with van der Waals surface area (Å²) in [6.45, 7) is 5.40. The quantitative estimate of drug-likeness (QED) is 0.600. The van der Waals surface area contributed by atoms with Crippen molar-refractivity contribution in [2.24, 2.45) is 28.6 Å². The molecule has 1 heterocycles. The molecule has 5 nitrogen and oxygen atoms in total. The van der Waals surface area contributed by atoms with Gasteiger partial charge in [0.05, 0.1) is 18.3 Å². The van der Waals surface area contributed by atoms with Crippen LogP contribution in [0, 0.1) is 28.6 Å². The number of benzene rings is 1. The maximum Gasteiger partial charge on any atom is 0.178 e. The molecule has 1 aromatic rings. The van der Waals surface area contributed by atoms with E-state index in [2.05, 4.69) is 0 Å². The van der Waals surface area contributed by atoms with Gasteiger partial charge in [0, 0.05) is 27.7 Å². The van der Waals surface area contributed by atoms with E-state index in [0.29, 0.717) is 18.0 Å². The molecule has 1 N–H and O–H groups in total. The predicted molar refractivity (Wildman–Crippen MR) is 131 cm³/mol. The zero-order valence-electron chi connectivity index (χ0n) is 20.5. The molecule has 1 aromatic carbocycles. The van der Waals surface area contributed by atoms with Crippen LogP contribution in [0.25, 0.3) is 0 Å². The van der Waals surface area contributed by atoms with Crippen molar-refractivity contribution in [3.05, 3.63) is 53.1 Å². The van der Waals surface area contributed by atoms with Crippen molar-refractivity contribution in [1.29, 1.82) is 0 Å². The molecule has 1 saturated heterocycles. The van der Waals surface area contributed by atoms with Gasteiger partial charge in [0.25, 0.3) is 0 Å². The number of aliphatic hydroxyl groups is 1. The van der Waals surface area contributed by atoms with Crippen molar-refractivity contribution >= 4 is 28.9 Å². The zero-order valence-corrected chi connectivity index (χ0v) is 21.3. The number of Topliss-reactive ketones (excluding diaryl/α,β-unsaturated/α-hetero) is 1. The third-order valence-corrected chi connectivity index (χ3v) is 10.5. The Morgan fingerprint density at radius 2 is 1.89 bits per heavy atom. The minimum atomic E-state index is -2.17.